The van der Waals surface area contributed by atoms with Gasteiger partial charge in [0, 0.05) is 24.7 Å². The van der Waals surface area contributed by atoms with Crippen LogP contribution in [0.3, 0.4) is 0 Å². The molecule has 0 radical (unpaired) electrons. The van der Waals surface area contributed by atoms with Crippen LogP contribution in [0, 0.1) is 6.92 Å². The molecule has 2 heterocycles. The fourth-order valence-electron chi connectivity index (χ4n) is 4.77. The van der Waals surface area contributed by atoms with Crippen LogP contribution >= 0.6 is 0 Å². The topological polar surface area (TPSA) is 34.1 Å². The monoisotopic (exact) mass is 386 g/mol. The Hall–Kier alpha value is -2.85. The Morgan fingerprint density at radius 3 is 2.72 bits per heavy atom. The summed E-state index contributed by atoms with van der Waals surface area (Å²) in [7, 11) is 1.74. The predicted molar refractivity (Wildman–Crippen MR) is 119 cm³/mol. The molecule has 2 aliphatic heterocycles. The molecule has 1 unspecified atom stereocenters. The second-order valence-electron chi connectivity index (χ2n) is 8.48. The van der Waals surface area contributed by atoms with Crippen molar-refractivity contribution in [3.63, 3.8) is 0 Å². The number of aryl methyl sites for hydroxylation is 1. The first kappa shape index (κ1) is 18.2. The smallest absolute Gasteiger partial charge is 0.228 e. The van der Waals surface area contributed by atoms with E-state index in [2.05, 4.69) is 74.2 Å². The maximum Gasteiger partial charge on any atom is 0.228 e. The zero-order chi connectivity index (χ0) is 20.2. The van der Waals surface area contributed by atoms with Crippen LogP contribution in [0.25, 0.3) is 10.8 Å². The van der Waals surface area contributed by atoms with Gasteiger partial charge in [0.25, 0.3) is 0 Å². The summed E-state index contributed by atoms with van der Waals surface area (Å²) in [6.07, 6.45) is 2.01. The molecule has 5 rings (SSSR count). The van der Waals surface area contributed by atoms with Crippen molar-refractivity contribution in [1.82, 2.24) is 0 Å². The van der Waals surface area contributed by atoms with Crippen LogP contribution < -0.4 is 9.64 Å². The minimum atomic E-state index is -0.697. The molecule has 4 heteroatoms. The fourth-order valence-corrected chi connectivity index (χ4v) is 4.77. The number of nitrogens with zero attached hydrogens (tertiary/aromatic N) is 2. The number of fused-ring (bicyclic) bond motifs is 4. The standard InChI is InChI=1S/C25H26N2O2/c1-17-9-11-21-20(15-17)24(2,3)25(27(21)13-14-28-4)16-26-23-19-8-6-5-7-18(19)10-12-22(23)29-25/h5-12,15-16H,13-14H2,1-4H3. The molecule has 2 aliphatic rings. The number of methoxy groups -OCH3 is 1. The molecule has 0 N–H and O–H groups in total. The molecule has 0 saturated carbocycles. The second-order valence-corrected chi connectivity index (χ2v) is 8.48. The maximum atomic E-state index is 6.86. The van der Waals surface area contributed by atoms with Crippen molar-refractivity contribution in [1.29, 1.82) is 0 Å². The predicted octanol–water partition coefficient (Wildman–Crippen LogP) is 5.38. The summed E-state index contributed by atoms with van der Waals surface area (Å²) in [6.45, 7) is 7.97. The van der Waals surface area contributed by atoms with E-state index in [0.29, 0.717) is 6.61 Å². The zero-order valence-electron chi connectivity index (χ0n) is 17.4. The summed E-state index contributed by atoms with van der Waals surface area (Å²) in [6, 6.07) is 19.1. The lowest BCUT2D eigenvalue weighted by atomic mass is 9.77. The molecule has 29 heavy (non-hydrogen) atoms. The molecule has 3 aromatic rings. The summed E-state index contributed by atoms with van der Waals surface area (Å²) in [5, 5.41) is 2.28. The number of hydrogen-bond donors (Lipinski definition) is 0. The molecule has 148 valence electrons. The van der Waals surface area contributed by atoms with E-state index < -0.39 is 5.72 Å². The molecule has 1 atom stereocenters. The quantitative estimate of drug-likeness (QED) is 0.606. The highest BCUT2D eigenvalue weighted by Crippen LogP contribution is 2.54. The highest BCUT2D eigenvalue weighted by molar-refractivity contribution is 5.99. The number of aliphatic imine (C=N–C) groups is 1. The highest BCUT2D eigenvalue weighted by Gasteiger charge is 2.59. The van der Waals surface area contributed by atoms with Gasteiger partial charge in [-0.05, 0) is 43.9 Å². The van der Waals surface area contributed by atoms with E-state index in [9.17, 15) is 0 Å². The van der Waals surface area contributed by atoms with Crippen LogP contribution in [0.4, 0.5) is 11.4 Å². The normalized spacial score (nSPS) is 21.3. The van der Waals surface area contributed by atoms with Crippen LogP contribution in [-0.4, -0.2) is 32.2 Å². The van der Waals surface area contributed by atoms with Crippen molar-refractivity contribution < 1.29 is 9.47 Å². The number of hydrogen-bond acceptors (Lipinski definition) is 4. The van der Waals surface area contributed by atoms with Gasteiger partial charge >= 0.3 is 0 Å². The summed E-state index contributed by atoms with van der Waals surface area (Å²) in [5.41, 5.74) is 3.65. The molecule has 1 spiro atoms. The largest absolute Gasteiger partial charge is 0.459 e. The van der Waals surface area contributed by atoms with E-state index in [1.165, 1.54) is 22.2 Å². The average Bonchev–Trinajstić information content (AvgIpc) is 2.90. The third-order valence-corrected chi connectivity index (χ3v) is 6.43. The Kier molecular flexibility index (Phi) is 3.97. The molecule has 0 saturated heterocycles. The lowest BCUT2D eigenvalue weighted by molar-refractivity contribution is 0.0715. The van der Waals surface area contributed by atoms with Gasteiger partial charge in [-0.1, -0.05) is 48.0 Å². The first-order valence-electron chi connectivity index (χ1n) is 10.1. The van der Waals surface area contributed by atoms with E-state index in [1.807, 2.05) is 12.3 Å². The third-order valence-electron chi connectivity index (χ3n) is 6.43. The van der Waals surface area contributed by atoms with Gasteiger partial charge in [0.1, 0.15) is 11.4 Å². The fraction of sp³-hybridized carbons (Fsp3) is 0.320. The molecule has 0 bridgehead atoms. The molecule has 3 aromatic carbocycles. The van der Waals surface area contributed by atoms with Crippen molar-refractivity contribution in [3.05, 3.63) is 65.7 Å². The van der Waals surface area contributed by atoms with Crippen LogP contribution in [0.1, 0.15) is 25.0 Å². The molecule has 0 amide bonds. The Morgan fingerprint density at radius 2 is 1.90 bits per heavy atom. The van der Waals surface area contributed by atoms with E-state index in [1.54, 1.807) is 7.11 Å². The van der Waals surface area contributed by atoms with E-state index >= 15 is 0 Å². The molecular formula is C25H26N2O2. The van der Waals surface area contributed by atoms with Crippen LogP contribution in [0.2, 0.25) is 0 Å². The molecule has 0 aromatic heterocycles. The number of anilines is 1. The second kappa shape index (κ2) is 6.33. The Balaban J connectivity index is 1.69. The minimum Gasteiger partial charge on any atom is -0.459 e. The third kappa shape index (κ3) is 2.45. The van der Waals surface area contributed by atoms with Gasteiger partial charge in [0.15, 0.2) is 0 Å². The van der Waals surface area contributed by atoms with Gasteiger partial charge < -0.3 is 14.4 Å². The van der Waals surface area contributed by atoms with Crippen molar-refractivity contribution in [2.75, 3.05) is 25.2 Å². The van der Waals surface area contributed by atoms with Gasteiger partial charge in [-0.15, -0.1) is 0 Å². The Labute approximate surface area is 171 Å². The first-order valence-corrected chi connectivity index (χ1v) is 10.1. The SMILES string of the molecule is COCCN1c2ccc(C)cc2C(C)(C)C12C=Nc1c(ccc3ccccc13)O2. The molecule has 4 nitrogen and oxygen atoms in total. The van der Waals surface area contributed by atoms with Gasteiger partial charge in [0.2, 0.25) is 5.72 Å². The van der Waals surface area contributed by atoms with Crippen LogP contribution in [-0.2, 0) is 10.2 Å². The zero-order valence-corrected chi connectivity index (χ0v) is 17.4. The van der Waals surface area contributed by atoms with Crippen molar-refractivity contribution in [3.8, 4) is 5.75 Å². The first-order chi connectivity index (χ1) is 14.0. The van der Waals surface area contributed by atoms with E-state index in [-0.39, 0.29) is 5.41 Å². The van der Waals surface area contributed by atoms with Crippen molar-refractivity contribution in [2.45, 2.75) is 31.9 Å². The van der Waals surface area contributed by atoms with E-state index in [4.69, 9.17) is 14.5 Å². The minimum absolute atomic E-state index is 0.283. The summed E-state index contributed by atoms with van der Waals surface area (Å²) in [5.74, 6) is 0.825. The summed E-state index contributed by atoms with van der Waals surface area (Å²) < 4.78 is 12.3. The number of benzene rings is 3. The Bertz CT molecular complexity index is 1130. The number of ether oxygens (including phenoxy) is 2. The van der Waals surface area contributed by atoms with Gasteiger partial charge in [-0.25, -0.2) is 0 Å². The lowest BCUT2D eigenvalue weighted by Crippen LogP contribution is -2.62. The van der Waals surface area contributed by atoms with Crippen molar-refractivity contribution >= 4 is 28.4 Å². The van der Waals surface area contributed by atoms with Gasteiger partial charge in [0.05, 0.1) is 18.2 Å². The highest BCUT2D eigenvalue weighted by atomic mass is 16.5. The lowest BCUT2D eigenvalue weighted by Gasteiger charge is -2.46. The van der Waals surface area contributed by atoms with Gasteiger partial charge in [-0.3, -0.25) is 4.99 Å². The number of rotatable bonds is 3. The van der Waals surface area contributed by atoms with Crippen LogP contribution in [0.15, 0.2) is 59.6 Å². The molecular weight excluding hydrogens is 360 g/mol. The van der Waals surface area contributed by atoms with Gasteiger partial charge in [-0.2, -0.15) is 0 Å². The summed E-state index contributed by atoms with van der Waals surface area (Å²) in [4.78, 5) is 7.30. The van der Waals surface area contributed by atoms with Crippen LogP contribution in [0.5, 0.6) is 5.75 Å². The average molecular weight is 386 g/mol. The maximum absolute atomic E-state index is 6.86. The van der Waals surface area contributed by atoms with Crippen molar-refractivity contribution in [2.24, 2.45) is 4.99 Å². The Morgan fingerprint density at radius 1 is 1.07 bits per heavy atom. The molecule has 0 fully saturated rings. The van der Waals surface area contributed by atoms with E-state index in [0.717, 1.165) is 23.4 Å². The summed E-state index contributed by atoms with van der Waals surface area (Å²) >= 11 is 0. The molecule has 0 aliphatic carbocycles.